The van der Waals surface area contributed by atoms with Crippen molar-refractivity contribution in [2.45, 2.75) is 12.6 Å². The molecule has 0 fully saturated rings. The molecular weight excluding hydrogens is 421 g/mol. The van der Waals surface area contributed by atoms with E-state index in [-0.39, 0.29) is 5.56 Å². The Hall–Kier alpha value is -2.79. The van der Waals surface area contributed by atoms with Gasteiger partial charge in [0.1, 0.15) is 18.5 Å². The normalized spacial score (nSPS) is 13.8. The molecule has 0 saturated carbocycles. The molecule has 0 bridgehead atoms. The van der Waals surface area contributed by atoms with Crippen LogP contribution in [-0.2, 0) is 6.54 Å². The average Bonchev–Trinajstić information content (AvgIpc) is 2.76. The van der Waals surface area contributed by atoms with Gasteiger partial charge in [-0.05, 0) is 58.7 Å². The van der Waals surface area contributed by atoms with E-state index in [2.05, 4.69) is 0 Å². The molecule has 1 atom stereocenters. The predicted molar refractivity (Wildman–Crippen MR) is 120 cm³/mol. The lowest BCUT2D eigenvalue weighted by atomic mass is 9.95. The average molecular weight is 438 g/mol. The smallest absolute Gasteiger partial charge is 0.251 e. The van der Waals surface area contributed by atoms with Gasteiger partial charge >= 0.3 is 0 Å². The summed E-state index contributed by atoms with van der Waals surface area (Å²) in [6.45, 7) is 0.885. The van der Waals surface area contributed by atoms with Crippen LogP contribution in [0.5, 0.6) is 5.75 Å². The number of hydrogen-bond acceptors (Lipinski definition) is 3. The Morgan fingerprint density at radius 3 is 2.50 bits per heavy atom. The summed E-state index contributed by atoms with van der Waals surface area (Å²) in [6, 6.07) is 19.8. The molecule has 0 aliphatic carbocycles. The van der Waals surface area contributed by atoms with Crippen molar-refractivity contribution in [3.05, 3.63) is 98.3 Å². The van der Waals surface area contributed by atoms with Gasteiger partial charge in [-0.15, -0.1) is 0 Å². The van der Waals surface area contributed by atoms with E-state index < -0.39 is 6.10 Å². The fourth-order valence-electron chi connectivity index (χ4n) is 3.97. The van der Waals surface area contributed by atoms with E-state index in [0.29, 0.717) is 34.5 Å². The second-order valence-corrected chi connectivity index (χ2v) is 8.15. The number of benzene rings is 3. The summed E-state index contributed by atoms with van der Waals surface area (Å²) in [6.07, 6.45) is -0.860. The van der Waals surface area contributed by atoms with E-state index in [9.17, 15) is 9.90 Å². The van der Waals surface area contributed by atoms with Crippen LogP contribution >= 0.6 is 23.2 Å². The summed E-state index contributed by atoms with van der Waals surface area (Å²) >= 11 is 12.2. The lowest BCUT2D eigenvalue weighted by molar-refractivity contribution is 0.219. The molecule has 0 spiro atoms. The van der Waals surface area contributed by atoms with E-state index in [0.717, 1.165) is 27.6 Å². The van der Waals surface area contributed by atoms with Gasteiger partial charge in [-0.3, -0.25) is 4.79 Å². The summed E-state index contributed by atoms with van der Waals surface area (Å²) in [5, 5.41) is 13.0. The molecule has 0 amide bonds. The maximum Gasteiger partial charge on any atom is 0.251 e. The lowest BCUT2D eigenvalue weighted by Gasteiger charge is -2.24. The summed E-state index contributed by atoms with van der Waals surface area (Å²) < 4.78 is 7.62. The molecule has 1 aliphatic heterocycles. The maximum absolute atomic E-state index is 12.8. The molecule has 6 heteroatoms. The lowest BCUT2D eigenvalue weighted by Crippen LogP contribution is -2.27. The minimum absolute atomic E-state index is 0.0898. The minimum Gasteiger partial charge on any atom is -0.490 e. The van der Waals surface area contributed by atoms with Crippen LogP contribution in [0.25, 0.3) is 22.0 Å². The molecule has 150 valence electrons. The van der Waals surface area contributed by atoms with Crippen LogP contribution in [0.15, 0.2) is 71.5 Å². The first-order chi connectivity index (χ1) is 14.5. The molecule has 30 heavy (non-hydrogen) atoms. The highest BCUT2D eigenvalue weighted by molar-refractivity contribution is 6.31. The quantitative estimate of drug-likeness (QED) is 0.463. The van der Waals surface area contributed by atoms with E-state index in [1.165, 1.54) is 0 Å². The Morgan fingerprint density at radius 2 is 1.73 bits per heavy atom. The first-order valence-corrected chi connectivity index (χ1v) is 10.3. The van der Waals surface area contributed by atoms with E-state index >= 15 is 0 Å². The van der Waals surface area contributed by atoms with Gasteiger partial charge in [0, 0.05) is 21.5 Å². The van der Waals surface area contributed by atoms with Crippen molar-refractivity contribution in [1.29, 1.82) is 0 Å². The molecule has 4 aromatic rings. The Balaban J connectivity index is 1.78. The number of halogens is 2. The van der Waals surface area contributed by atoms with Crippen molar-refractivity contribution in [3.63, 3.8) is 0 Å². The van der Waals surface area contributed by atoms with Gasteiger partial charge in [0.2, 0.25) is 0 Å². The zero-order valence-electron chi connectivity index (χ0n) is 15.8. The number of nitrogens with zero attached hydrogens (tertiary/aromatic N) is 1. The highest BCUT2D eigenvalue weighted by atomic mass is 35.5. The predicted octanol–water partition coefficient (Wildman–Crippen LogP) is 5.45. The summed E-state index contributed by atoms with van der Waals surface area (Å²) in [5.74, 6) is 0.586. The number of aliphatic hydroxyl groups excluding tert-OH is 1. The minimum atomic E-state index is -0.860. The van der Waals surface area contributed by atoms with Gasteiger partial charge in [-0.2, -0.15) is 0 Å². The van der Waals surface area contributed by atoms with Crippen molar-refractivity contribution in [2.75, 3.05) is 6.61 Å². The van der Waals surface area contributed by atoms with E-state index in [1.807, 2.05) is 24.3 Å². The number of rotatable bonds is 3. The molecule has 1 aromatic heterocycles. The van der Waals surface area contributed by atoms with Gasteiger partial charge < -0.3 is 14.4 Å². The van der Waals surface area contributed by atoms with Crippen LogP contribution in [0.1, 0.15) is 17.2 Å². The number of ether oxygens (including phenoxy) is 1. The first-order valence-electron chi connectivity index (χ1n) is 9.55. The van der Waals surface area contributed by atoms with E-state index in [1.54, 1.807) is 47.0 Å². The highest BCUT2D eigenvalue weighted by Crippen LogP contribution is 2.38. The third-order valence-corrected chi connectivity index (χ3v) is 5.89. The molecule has 1 unspecified atom stereocenters. The molecule has 5 rings (SSSR count). The third kappa shape index (κ3) is 3.27. The zero-order valence-corrected chi connectivity index (χ0v) is 17.3. The summed E-state index contributed by atoms with van der Waals surface area (Å²) in [7, 11) is 0. The third-order valence-electron chi connectivity index (χ3n) is 5.40. The number of aliphatic hydroxyl groups is 1. The second kappa shape index (κ2) is 7.47. The van der Waals surface area contributed by atoms with Crippen LogP contribution < -0.4 is 10.3 Å². The zero-order chi connectivity index (χ0) is 20.8. The molecule has 1 N–H and O–H groups in total. The van der Waals surface area contributed by atoms with Crippen LogP contribution in [0, 0.1) is 0 Å². The van der Waals surface area contributed by atoms with Gasteiger partial charge in [0.25, 0.3) is 5.56 Å². The second-order valence-electron chi connectivity index (χ2n) is 7.28. The Labute approximate surface area is 182 Å². The van der Waals surface area contributed by atoms with Crippen molar-refractivity contribution in [3.8, 4) is 16.9 Å². The molecule has 0 saturated heterocycles. The van der Waals surface area contributed by atoms with Gasteiger partial charge in [0.15, 0.2) is 0 Å². The molecule has 0 radical (unpaired) electrons. The molecule has 1 aliphatic rings. The van der Waals surface area contributed by atoms with Crippen molar-refractivity contribution >= 4 is 34.1 Å². The first kappa shape index (κ1) is 19.2. The van der Waals surface area contributed by atoms with E-state index in [4.69, 9.17) is 27.9 Å². The van der Waals surface area contributed by atoms with Crippen molar-refractivity contribution in [2.24, 2.45) is 0 Å². The van der Waals surface area contributed by atoms with Crippen LogP contribution in [0.3, 0.4) is 0 Å². The summed E-state index contributed by atoms with van der Waals surface area (Å²) in [5.41, 5.74) is 3.63. The summed E-state index contributed by atoms with van der Waals surface area (Å²) in [4.78, 5) is 12.8. The SMILES string of the molecule is O=c1cc(-c2cccc(Cl)c2)c2cc(C(O)c3ccc(Cl)cc3)cc3c2n1CCO3. The molecule has 2 heterocycles. The van der Waals surface area contributed by atoms with Gasteiger partial charge in [0.05, 0.1) is 12.1 Å². The topological polar surface area (TPSA) is 51.5 Å². The van der Waals surface area contributed by atoms with Crippen molar-refractivity contribution < 1.29 is 9.84 Å². The molecule has 3 aromatic carbocycles. The number of hydrogen-bond donors (Lipinski definition) is 1. The van der Waals surface area contributed by atoms with Gasteiger partial charge in [-0.25, -0.2) is 0 Å². The fraction of sp³-hybridized carbons (Fsp3) is 0.125. The monoisotopic (exact) mass is 437 g/mol. The maximum atomic E-state index is 12.8. The Morgan fingerprint density at radius 1 is 0.933 bits per heavy atom. The van der Waals surface area contributed by atoms with Crippen molar-refractivity contribution in [1.82, 2.24) is 4.57 Å². The standard InChI is InChI=1S/C24H17Cl2NO3/c25-17-6-4-14(5-7-17)24(29)16-11-20-19(15-2-1-3-18(26)10-15)13-22(28)27-8-9-30-21(12-16)23(20)27/h1-7,10-13,24,29H,8-9H2. The number of aromatic nitrogens is 1. The highest BCUT2D eigenvalue weighted by Gasteiger charge is 2.22. The number of pyridine rings is 1. The Bertz CT molecular complexity index is 1330. The Kier molecular flexibility index (Phi) is 4.78. The fourth-order valence-corrected chi connectivity index (χ4v) is 4.29. The molecule has 4 nitrogen and oxygen atoms in total. The van der Waals surface area contributed by atoms with Crippen LogP contribution in [0.2, 0.25) is 10.0 Å². The van der Waals surface area contributed by atoms with Crippen LogP contribution in [0.4, 0.5) is 0 Å². The largest absolute Gasteiger partial charge is 0.490 e. The van der Waals surface area contributed by atoms with Gasteiger partial charge in [-0.1, -0.05) is 47.5 Å². The van der Waals surface area contributed by atoms with Crippen LogP contribution in [-0.4, -0.2) is 16.3 Å². The molecular formula is C24H17Cl2NO3.